The summed E-state index contributed by atoms with van der Waals surface area (Å²) >= 11 is 9.52. The zero-order valence-electron chi connectivity index (χ0n) is 10.2. The van der Waals surface area contributed by atoms with Gasteiger partial charge in [-0.1, -0.05) is 31.9 Å². The second-order valence-electron chi connectivity index (χ2n) is 4.04. The predicted octanol–water partition coefficient (Wildman–Crippen LogP) is 4.50. The highest BCUT2D eigenvalue weighted by atomic mass is 79.9. The maximum Gasteiger partial charge on any atom is 0.265 e. The summed E-state index contributed by atoms with van der Waals surface area (Å²) in [5.41, 5.74) is 5.62. The third kappa shape index (κ3) is 3.77. The third-order valence-corrected chi connectivity index (χ3v) is 5.80. The number of nitrogen functional groups attached to an aromatic ring is 1. The number of sulfonamides is 1. The Hall–Kier alpha value is -0.640. The first kappa shape index (κ1) is 16.7. The van der Waals surface area contributed by atoms with Gasteiger partial charge in [0, 0.05) is 13.4 Å². The van der Waals surface area contributed by atoms with Crippen molar-refractivity contribution in [1.29, 1.82) is 0 Å². The molecule has 2 rings (SSSR count). The first-order chi connectivity index (χ1) is 9.70. The quantitative estimate of drug-likeness (QED) is 0.607. The monoisotopic (exact) mass is 500 g/mol. The van der Waals surface area contributed by atoms with E-state index in [2.05, 4.69) is 52.5 Å². The van der Waals surface area contributed by atoms with Crippen molar-refractivity contribution >= 4 is 69.2 Å². The minimum atomic E-state index is -4.03. The lowest BCUT2D eigenvalue weighted by Gasteiger charge is -2.13. The highest BCUT2D eigenvalue weighted by Gasteiger charge is 2.23. The lowest BCUT2D eigenvalue weighted by molar-refractivity contribution is 0.598. The molecule has 0 amide bonds. The zero-order chi connectivity index (χ0) is 15.8. The van der Waals surface area contributed by atoms with Gasteiger partial charge in [0.1, 0.15) is 10.7 Å². The Morgan fingerprint density at radius 1 is 1.05 bits per heavy atom. The van der Waals surface area contributed by atoms with Gasteiger partial charge in [0.05, 0.1) is 11.4 Å². The van der Waals surface area contributed by atoms with Crippen LogP contribution in [-0.2, 0) is 10.0 Å². The minimum Gasteiger partial charge on any atom is -0.398 e. The van der Waals surface area contributed by atoms with E-state index in [1.807, 2.05) is 0 Å². The van der Waals surface area contributed by atoms with Crippen LogP contribution in [-0.4, -0.2) is 8.42 Å². The molecule has 0 atom stereocenters. The summed E-state index contributed by atoms with van der Waals surface area (Å²) < 4.78 is 42.1. The summed E-state index contributed by atoms with van der Waals surface area (Å²) in [6.45, 7) is 0. The fourth-order valence-corrected chi connectivity index (χ4v) is 5.13. The molecule has 0 aliphatic heterocycles. The molecule has 0 bridgehead atoms. The lowest BCUT2D eigenvalue weighted by atomic mass is 10.3. The average Bonchev–Trinajstić information content (AvgIpc) is 2.31. The molecule has 0 radical (unpaired) electrons. The van der Waals surface area contributed by atoms with Crippen molar-refractivity contribution in [1.82, 2.24) is 0 Å². The molecule has 0 aliphatic carbocycles. The Bertz CT molecular complexity index is 789. The molecule has 21 heavy (non-hydrogen) atoms. The van der Waals surface area contributed by atoms with Gasteiger partial charge >= 0.3 is 0 Å². The Morgan fingerprint density at radius 2 is 1.71 bits per heavy atom. The van der Waals surface area contributed by atoms with Crippen LogP contribution >= 0.6 is 47.8 Å². The van der Waals surface area contributed by atoms with E-state index in [1.165, 1.54) is 18.2 Å². The maximum absolute atomic E-state index is 13.7. The van der Waals surface area contributed by atoms with Crippen LogP contribution in [0.5, 0.6) is 0 Å². The van der Waals surface area contributed by atoms with Crippen LogP contribution in [0, 0.1) is 5.82 Å². The Kier molecular flexibility index (Phi) is 4.96. The summed E-state index contributed by atoms with van der Waals surface area (Å²) in [7, 11) is -4.03. The summed E-state index contributed by atoms with van der Waals surface area (Å²) in [5.74, 6) is -0.686. The van der Waals surface area contributed by atoms with Gasteiger partial charge in [-0.25, -0.2) is 12.8 Å². The van der Waals surface area contributed by atoms with Crippen LogP contribution in [0.25, 0.3) is 0 Å². The van der Waals surface area contributed by atoms with Crippen molar-refractivity contribution in [2.45, 2.75) is 4.90 Å². The molecule has 2 aromatic rings. The van der Waals surface area contributed by atoms with E-state index in [-0.39, 0.29) is 20.7 Å². The minimum absolute atomic E-state index is 0.0409. The molecule has 112 valence electrons. The molecule has 4 nitrogen and oxygen atoms in total. The third-order valence-electron chi connectivity index (χ3n) is 2.48. The highest BCUT2D eigenvalue weighted by Crippen LogP contribution is 2.33. The van der Waals surface area contributed by atoms with Crippen LogP contribution in [0.1, 0.15) is 0 Å². The molecule has 0 aromatic heterocycles. The van der Waals surface area contributed by atoms with Gasteiger partial charge in [0.2, 0.25) is 0 Å². The summed E-state index contributed by atoms with van der Waals surface area (Å²) in [6, 6.07) is 6.95. The van der Waals surface area contributed by atoms with E-state index in [1.54, 1.807) is 6.07 Å². The van der Waals surface area contributed by atoms with Crippen LogP contribution in [0.15, 0.2) is 48.6 Å². The van der Waals surface area contributed by atoms with E-state index in [4.69, 9.17) is 5.73 Å². The van der Waals surface area contributed by atoms with Crippen LogP contribution in [0.4, 0.5) is 15.8 Å². The topological polar surface area (TPSA) is 72.2 Å². The zero-order valence-corrected chi connectivity index (χ0v) is 15.8. The van der Waals surface area contributed by atoms with Gasteiger partial charge in [0.25, 0.3) is 10.0 Å². The first-order valence-electron chi connectivity index (χ1n) is 5.43. The van der Waals surface area contributed by atoms with Crippen LogP contribution in [0.2, 0.25) is 0 Å². The molecule has 9 heteroatoms. The molecule has 0 aliphatic rings. The average molecular weight is 503 g/mol. The Balaban J connectivity index is 2.51. The summed E-state index contributed by atoms with van der Waals surface area (Å²) in [5, 5.41) is 0. The Morgan fingerprint density at radius 3 is 2.33 bits per heavy atom. The van der Waals surface area contributed by atoms with Gasteiger partial charge < -0.3 is 5.73 Å². The molecule has 0 saturated carbocycles. The second-order valence-corrected chi connectivity index (χ2v) is 8.34. The Labute approximate surface area is 146 Å². The van der Waals surface area contributed by atoms with Gasteiger partial charge in [-0.05, 0) is 46.3 Å². The van der Waals surface area contributed by atoms with Crippen molar-refractivity contribution in [3.05, 3.63) is 49.6 Å². The van der Waals surface area contributed by atoms with E-state index < -0.39 is 15.8 Å². The van der Waals surface area contributed by atoms with E-state index in [0.29, 0.717) is 8.95 Å². The maximum atomic E-state index is 13.7. The molecular weight excluding hydrogens is 495 g/mol. The van der Waals surface area contributed by atoms with Crippen LogP contribution in [0.3, 0.4) is 0 Å². The van der Waals surface area contributed by atoms with E-state index in [0.717, 1.165) is 6.07 Å². The van der Waals surface area contributed by atoms with E-state index in [9.17, 15) is 12.8 Å². The standard InChI is InChI=1S/C12H8Br3FN2O2S/c13-6-1-2-9(16)11(5-6)18-21(19,20)12-8(15)3-7(14)4-10(12)17/h1-5,18H,17H2. The number of benzene rings is 2. The number of anilines is 2. The fourth-order valence-electron chi connectivity index (χ4n) is 1.64. The predicted molar refractivity (Wildman–Crippen MR) is 91.2 cm³/mol. The molecule has 0 saturated heterocycles. The number of rotatable bonds is 3. The molecular formula is C12H8Br3FN2O2S. The smallest absolute Gasteiger partial charge is 0.265 e. The number of nitrogens with one attached hydrogen (secondary N) is 1. The first-order valence-corrected chi connectivity index (χ1v) is 9.29. The molecule has 2 aromatic carbocycles. The summed E-state index contributed by atoms with van der Waals surface area (Å²) in [6.07, 6.45) is 0. The molecule has 0 spiro atoms. The van der Waals surface area contributed by atoms with Gasteiger partial charge in [-0.2, -0.15) is 0 Å². The lowest BCUT2D eigenvalue weighted by Crippen LogP contribution is -2.16. The summed E-state index contributed by atoms with van der Waals surface area (Å²) in [4.78, 5) is -0.148. The highest BCUT2D eigenvalue weighted by molar-refractivity contribution is 9.11. The number of nitrogens with two attached hydrogens (primary N) is 1. The molecule has 0 fully saturated rings. The molecule has 0 unspecified atom stereocenters. The number of hydrogen-bond donors (Lipinski definition) is 2. The van der Waals surface area contributed by atoms with Crippen molar-refractivity contribution in [2.75, 3.05) is 10.5 Å². The van der Waals surface area contributed by atoms with E-state index >= 15 is 0 Å². The van der Waals surface area contributed by atoms with Crippen molar-refractivity contribution in [3.8, 4) is 0 Å². The largest absolute Gasteiger partial charge is 0.398 e. The van der Waals surface area contributed by atoms with Gasteiger partial charge in [-0.3, -0.25) is 4.72 Å². The van der Waals surface area contributed by atoms with Gasteiger partial charge in [-0.15, -0.1) is 0 Å². The fraction of sp³-hybridized carbons (Fsp3) is 0. The number of halogens is 4. The van der Waals surface area contributed by atoms with Gasteiger partial charge in [0.15, 0.2) is 0 Å². The SMILES string of the molecule is Nc1cc(Br)cc(Br)c1S(=O)(=O)Nc1cc(Br)ccc1F. The van der Waals surface area contributed by atoms with Crippen molar-refractivity contribution < 1.29 is 12.8 Å². The second kappa shape index (κ2) is 6.23. The molecule has 0 heterocycles. The number of hydrogen-bond acceptors (Lipinski definition) is 3. The normalized spacial score (nSPS) is 11.4. The molecule has 3 N–H and O–H groups in total. The van der Waals surface area contributed by atoms with Crippen LogP contribution < -0.4 is 10.5 Å². The van der Waals surface area contributed by atoms with Crippen molar-refractivity contribution in [2.24, 2.45) is 0 Å². The van der Waals surface area contributed by atoms with Crippen molar-refractivity contribution in [3.63, 3.8) is 0 Å².